The number of ether oxygens (including phenoxy) is 2. The van der Waals surface area contributed by atoms with Crippen molar-refractivity contribution in [2.75, 3.05) is 38.4 Å². The zero-order valence-corrected chi connectivity index (χ0v) is 17.7. The van der Waals surface area contributed by atoms with Crippen LogP contribution in [0.4, 0.5) is 11.5 Å². The average molecular weight is 415 g/mol. The van der Waals surface area contributed by atoms with E-state index in [-0.39, 0.29) is 11.9 Å². The van der Waals surface area contributed by atoms with E-state index in [1.807, 2.05) is 6.92 Å². The summed E-state index contributed by atoms with van der Waals surface area (Å²) in [7, 11) is 1.69. The monoisotopic (exact) mass is 414 g/mol. The van der Waals surface area contributed by atoms with Gasteiger partial charge in [-0.05, 0) is 50.6 Å². The van der Waals surface area contributed by atoms with Crippen LogP contribution in [0.3, 0.4) is 0 Å². The van der Waals surface area contributed by atoms with E-state index in [0.717, 1.165) is 53.9 Å². The molecule has 0 N–H and O–H groups in total. The molecule has 0 spiro atoms. The van der Waals surface area contributed by atoms with E-state index < -0.39 is 0 Å². The summed E-state index contributed by atoms with van der Waals surface area (Å²) in [4.78, 5) is 26.6. The molecule has 2 aliphatic heterocycles. The number of aromatic nitrogens is 2. The van der Waals surface area contributed by atoms with Crippen LogP contribution in [-0.2, 0) is 20.8 Å². The molecule has 1 aromatic carbocycles. The largest absolute Gasteiger partial charge is 0.466 e. The van der Waals surface area contributed by atoms with Crippen molar-refractivity contribution >= 4 is 29.2 Å². The SMILES string of the molecule is CCOC(=O)C1CCN(Cc2ccc3c(c2)N(COC)c2nccnc2S3)CC1. The van der Waals surface area contributed by atoms with E-state index in [9.17, 15) is 4.79 Å². The number of rotatable bonds is 6. The normalized spacial score (nSPS) is 17.0. The van der Waals surface area contributed by atoms with Crippen molar-refractivity contribution in [1.82, 2.24) is 14.9 Å². The van der Waals surface area contributed by atoms with Crippen molar-refractivity contribution in [3.05, 3.63) is 36.2 Å². The molecule has 0 unspecified atom stereocenters. The summed E-state index contributed by atoms with van der Waals surface area (Å²) in [5.74, 6) is 0.825. The van der Waals surface area contributed by atoms with Crippen LogP contribution in [0, 0.1) is 5.92 Å². The first-order valence-electron chi connectivity index (χ1n) is 9.97. The number of carbonyl (C=O) groups is 1. The molecule has 0 bridgehead atoms. The van der Waals surface area contributed by atoms with E-state index in [4.69, 9.17) is 9.47 Å². The van der Waals surface area contributed by atoms with Gasteiger partial charge in [0.15, 0.2) is 5.82 Å². The van der Waals surface area contributed by atoms with E-state index in [1.54, 1.807) is 31.3 Å². The Kier molecular flexibility index (Phi) is 6.32. The minimum Gasteiger partial charge on any atom is -0.466 e. The molecular weight excluding hydrogens is 388 g/mol. The number of carbonyl (C=O) groups excluding carboxylic acids is 1. The first-order valence-corrected chi connectivity index (χ1v) is 10.8. The Morgan fingerprint density at radius 2 is 2.03 bits per heavy atom. The Bertz CT molecular complexity index is 871. The molecule has 1 aromatic heterocycles. The fourth-order valence-corrected chi connectivity index (χ4v) is 4.84. The van der Waals surface area contributed by atoms with Gasteiger partial charge in [0.25, 0.3) is 0 Å². The molecule has 7 nitrogen and oxygen atoms in total. The summed E-state index contributed by atoms with van der Waals surface area (Å²) in [5.41, 5.74) is 2.34. The molecule has 2 aromatic rings. The van der Waals surface area contributed by atoms with E-state index >= 15 is 0 Å². The van der Waals surface area contributed by atoms with Crippen LogP contribution in [0.1, 0.15) is 25.3 Å². The number of esters is 1. The highest BCUT2D eigenvalue weighted by Crippen LogP contribution is 2.46. The van der Waals surface area contributed by atoms with Gasteiger partial charge in [-0.3, -0.25) is 14.6 Å². The molecule has 0 saturated carbocycles. The van der Waals surface area contributed by atoms with Gasteiger partial charge < -0.3 is 9.47 Å². The number of likely N-dealkylation sites (tertiary alicyclic amines) is 1. The molecule has 0 aliphatic carbocycles. The number of benzene rings is 1. The summed E-state index contributed by atoms with van der Waals surface area (Å²) in [6, 6.07) is 6.55. The molecule has 0 amide bonds. The van der Waals surface area contributed by atoms with Crippen molar-refractivity contribution in [3.8, 4) is 0 Å². The van der Waals surface area contributed by atoms with E-state index in [1.165, 1.54) is 5.56 Å². The fraction of sp³-hybridized carbons (Fsp3) is 0.476. The highest BCUT2D eigenvalue weighted by atomic mass is 32.2. The van der Waals surface area contributed by atoms with Crippen LogP contribution in [0.15, 0.2) is 40.5 Å². The second-order valence-electron chi connectivity index (χ2n) is 7.24. The number of fused-ring (bicyclic) bond motifs is 2. The van der Waals surface area contributed by atoms with Crippen LogP contribution in [0.5, 0.6) is 0 Å². The molecule has 29 heavy (non-hydrogen) atoms. The smallest absolute Gasteiger partial charge is 0.309 e. The highest BCUT2D eigenvalue weighted by Gasteiger charge is 2.28. The molecule has 1 saturated heterocycles. The third-order valence-corrected chi connectivity index (χ3v) is 6.34. The molecular formula is C21H26N4O3S. The quantitative estimate of drug-likeness (QED) is 0.666. The third-order valence-electron chi connectivity index (χ3n) is 5.29. The Morgan fingerprint density at radius 1 is 1.24 bits per heavy atom. The predicted octanol–water partition coefficient (Wildman–Crippen LogP) is 3.46. The van der Waals surface area contributed by atoms with Crippen molar-refractivity contribution in [2.45, 2.75) is 36.2 Å². The van der Waals surface area contributed by atoms with Crippen LogP contribution in [0.25, 0.3) is 0 Å². The third kappa shape index (κ3) is 4.39. The Labute approximate surface area is 175 Å². The van der Waals surface area contributed by atoms with Gasteiger partial charge in [-0.25, -0.2) is 9.97 Å². The Morgan fingerprint density at radius 3 is 2.79 bits per heavy atom. The highest BCUT2D eigenvalue weighted by molar-refractivity contribution is 7.99. The number of anilines is 2. The molecule has 154 valence electrons. The van der Waals surface area contributed by atoms with Crippen LogP contribution >= 0.6 is 11.8 Å². The van der Waals surface area contributed by atoms with Gasteiger partial charge >= 0.3 is 5.97 Å². The van der Waals surface area contributed by atoms with Crippen molar-refractivity contribution in [1.29, 1.82) is 0 Å². The summed E-state index contributed by atoms with van der Waals surface area (Å²) in [6.07, 6.45) is 5.15. The summed E-state index contributed by atoms with van der Waals surface area (Å²) >= 11 is 1.64. The average Bonchev–Trinajstić information content (AvgIpc) is 2.75. The van der Waals surface area contributed by atoms with Gasteiger partial charge in [-0.2, -0.15) is 0 Å². The van der Waals surface area contributed by atoms with Gasteiger partial charge in [0, 0.05) is 30.9 Å². The molecule has 2 aliphatic rings. The van der Waals surface area contributed by atoms with Crippen LogP contribution in [0.2, 0.25) is 0 Å². The molecule has 4 rings (SSSR count). The molecule has 0 atom stereocenters. The van der Waals surface area contributed by atoms with Gasteiger partial charge in [-0.15, -0.1) is 0 Å². The summed E-state index contributed by atoms with van der Waals surface area (Å²) in [6.45, 7) is 5.42. The lowest BCUT2D eigenvalue weighted by Gasteiger charge is -2.32. The fourth-order valence-electron chi connectivity index (χ4n) is 3.86. The number of hydrogen-bond donors (Lipinski definition) is 0. The van der Waals surface area contributed by atoms with E-state index in [2.05, 4.69) is 38.0 Å². The van der Waals surface area contributed by atoms with Crippen LogP contribution < -0.4 is 4.90 Å². The molecule has 0 radical (unpaired) electrons. The van der Waals surface area contributed by atoms with Gasteiger partial charge in [0.2, 0.25) is 0 Å². The molecule has 8 heteroatoms. The summed E-state index contributed by atoms with van der Waals surface area (Å²) < 4.78 is 10.6. The van der Waals surface area contributed by atoms with Crippen LogP contribution in [-0.4, -0.2) is 54.4 Å². The number of methoxy groups -OCH3 is 1. The number of hydrogen-bond acceptors (Lipinski definition) is 8. The minimum atomic E-state index is -0.0482. The Hall–Kier alpha value is -2.16. The number of nitrogens with zero attached hydrogens (tertiary/aromatic N) is 4. The standard InChI is InChI=1S/C21H26N4O3S/c1-3-28-21(26)16-6-10-24(11-7-16)13-15-4-5-18-17(12-15)25(14-27-2)19-20(29-18)23-9-8-22-19/h4-5,8-9,12,16H,3,6-7,10-11,13-14H2,1-2H3. The lowest BCUT2D eigenvalue weighted by atomic mass is 9.96. The minimum absolute atomic E-state index is 0.0402. The predicted molar refractivity (Wildman–Crippen MR) is 111 cm³/mol. The lowest BCUT2D eigenvalue weighted by Crippen LogP contribution is -2.36. The maximum atomic E-state index is 12.0. The summed E-state index contributed by atoms with van der Waals surface area (Å²) in [5, 5.41) is 0.894. The van der Waals surface area contributed by atoms with Gasteiger partial charge in [0.1, 0.15) is 11.8 Å². The van der Waals surface area contributed by atoms with Gasteiger partial charge in [-0.1, -0.05) is 17.8 Å². The Balaban J connectivity index is 1.47. The first-order chi connectivity index (χ1) is 14.2. The zero-order valence-electron chi connectivity index (χ0n) is 16.8. The second-order valence-corrected chi connectivity index (χ2v) is 8.27. The topological polar surface area (TPSA) is 67.8 Å². The lowest BCUT2D eigenvalue weighted by molar-refractivity contribution is -0.149. The van der Waals surface area contributed by atoms with Gasteiger partial charge in [0.05, 0.1) is 18.2 Å². The second kappa shape index (κ2) is 9.11. The molecule has 1 fully saturated rings. The van der Waals surface area contributed by atoms with E-state index in [0.29, 0.717) is 13.3 Å². The van der Waals surface area contributed by atoms with Crippen molar-refractivity contribution in [3.63, 3.8) is 0 Å². The maximum absolute atomic E-state index is 12.0. The molecule has 3 heterocycles. The van der Waals surface area contributed by atoms with Crippen molar-refractivity contribution < 1.29 is 14.3 Å². The zero-order chi connectivity index (χ0) is 20.2. The van der Waals surface area contributed by atoms with Crippen molar-refractivity contribution in [2.24, 2.45) is 5.92 Å². The first kappa shape index (κ1) is 20.1. The maximum Gasteiger partial charge on any atom is 0.309 e. The number of piperidine rings is 1.